The van der Waals surface area contributed by atoms with Gasteiger partial charge < -0.3 is 15.2 Å². The number of carboxylic acid groups (broad SMARTS) is 1. The number of carbonyl (C=O) groups excluding carboxylic acids is 1. The van der Waals surface area contributed by atoms with Crippen molar-refractivity contribution >= 4 is 29.0 Å². The van der Waals surface area contributed by atoms with Gasteiger partial charge in [-0.05, 0) is 47.7 Å². The summed E-state index contributed by atoms with van der Waals surface area (Å²) < 4.78 is 7.10. The summed E-state index contributed by atoms with van der Waals surface area (Å²) in [5.41, 5.74) is 1.57. The van der Waals surface area contributed by atoms with Crippen LogP contribution >= 0.6 is 11.3 Å². The van der Waals surface area contributed by atoms with Crippen LogP contribution in [0, 0.1) is 11.3 Å². The summed E-state index contributed by atoms with van der Waals surface area (Å²) in [4.78, 5) is 24.9. The first-order valence-corrected chi connectivity index (χ1v) is 9.86. The van der Waals surface area contributed by atoms with Crippen molar-refractivity contribution in [2.45, 2.75) is 18.9 Å². The summed E-state index contributed by atoms with van der Waals surface area (Å²) in [6, 6.07) is 14.2. The minimum atomic E-state index is -1.24. The monoisotopic (exact) mass is 407 g/mol. The van der Waals surface area contributed by atoms with E-state index in [-0.39, 0.29) is 18.2 Å². The summed E-state index contributed by atoms with van der Waals surface area (Å²) >= 11 is 1.54. The highest BCUT2D eigenvalue weighted by molar-refractivity contribution is 7.10. The molecule has 2 aromatic heterocycles. The molecule has 0 fully saturated rings. The van der Waals surface area contributed by atoms with Gasteiger partial charge in [-0.1, -0.05) is 19.1 Å². The van der Waals surface area contributed by atoms with Gasteiger partial charge in [-0.25, -0.2) is 9.36 Å². The van der Waals surface area contributed by atoms with Crippen LogP contribution in [0.25, 0.3) is 11.3 Å². The maximum absolute atomic E-state index is 12.2. The average molecular weight is 407 g/mol. The third-order valence-electron chi connectivity index (χ3n) is 5.08. The van der Waals surface area contributed by atoms with E-state index in [1.54, 1.807) is 18.2 Å². The van der Waals surface area contributed by atoms with Crippen LogP contribution in [0.15, 0.2) is 47.8 Å². The van der Waals surface area contributed by atoms with Gasteiger partial charge in [0.15, 0.2) is 0 Å². The van der Waals surface area contributed by atoms with Crippen LogP contribution in [0.3, 0.4) is 0 Å². The molecule has 0 spiro atoms. The molecule has 0 bridgehead atoms. The van der Waals surface area contributed by atoms with Crippen LogP contribution < -0.4 is 5.32 Å². The first kappa shape index (κ1) is 18.9. The molecule has 1 aliphatic rings. The number of ether oxygens (including phenoxy) is 1. The fourth-order valence-corrected chi connectivity index (χ4v) is 4.70. The predicted octanol–water partition coefficient (Wildman–Crippen LogP) is 4.24. The van der Waals surface area contributed by atoms with E-state index >= 15 is 0 Å². The number of hydrogen-bond donors (Lipinski definition) is 2. The first-order chi connectivity index (χ1) is 14.0. The Morgan fingerprint density at radius 1 is 1.38 bits per heavy atom. The van der Waals surface area contributed by atoms with E-state index in [2.05, 4.69) is 5.32 Å². The Labute approximate surface area is 170 Å². The molecule has 1 unspecified atom stereocenters. The molecule has 1 atom stereocenters. The molecule has 1 amide bonds. The number of nitriles is 1. The van der Waals surface area contributed by atoms with Crippen molar-refractivity contribution in [3.05, 3.63) is 64.0 Å². The smallest absolute Gasteiger partial charge is 0.417 e. The number of carbonyl (C=O) groups is 2. The summed E-state index contributed by atoms with van der Waals surface area (Å²) in [5, 5.41) is 23.6. The molecule has 8 heteroatoms. The Morgan fingerprint density at radius 3 is 2.86 bits per heavy atom. The van der Waals surface area contributed by atoms with Crippen molar-refractivity contribution < 1.29 is 19.4 Å². The van der Waals surface area contributed by atoms with E-state index in [4.69, 9.17) is 4.74 Å². The maximum atomic E-state index is 12.2. The number of hydrogen-bond acceptors (Lipinski definition) is 5. The number of anilines is 1. The Kier molecular flexibility index (Phi) is 4.70. The second-order valence-electron chi connectivity index (χ2n) is 6.59. The van der Waals surface area contributed by atoms with Gasteiger partial charge in [0.2, 0.25) is 5.91 Å². The van der Waals surface area contributed by atoms with Crippen LogP contribution in [-0.2, 0) is 15.1 Å². The highest BCUT2D eigenvalue weighted by Crippen LogP contribution is 2.45. The van der Waals surface area contributed by atoms with Crippen LogP contribution in [0.1, 0.15) is 29.5 Å². The van der Waals surface area contributed by atoms with E-state index < -0.39 is 11.7 Å². The molecule has 2 N–H and O–H groups in total. The molecule has 0 saturated carbocycles. The van der Waals surface area contributed by atoms with Crippen molar-refractivity contribution in [2.75, 3.05) is 11.9 Å². The van der Waals surface area contributed by atoms with Gasteiger partial charge in [-0.3, -0.25) is 4.79 Å². The predicted molar refractivity (Wildman–Crippen MR) is 108 cm³/mol. The van der Waals surface area contributed by atoms with E-state index in [1.165, 1.54) is 17.4 Å². The quantitative estimate of drug-likeness (QED) is 0.676. The number of rotatable bonds is 3. The van der Waals surface area contributed by atoms with Crippen LogP contribution in [-0.4, -0.2) is 28.3 Å². The minimum absolute atomic E-state index is 0.0343. The zero-order valence-corrected chi connectivity index (χ0v) is 16.3. The molecule has 7 nitrogen and oxygen atoms in total. The van der Waals surface area contributed by atoms with Gasteiger partial charge in [0.1, 0.15) is 24.0 Å². The molecule has 0 radical (unpaired) electrons. The maximum Gasteiger partial charge on any atom is 0.417 e. The number of amides is 1. The van der Waals surface area contributed by atoms with Gasteiger partial charge in [0.05, 0.1) is 5.69 Å². The molecule has 1 aliphatic heterocycles. The fourth-order valence-electron chi connectivity index (χ4n) is 3.73. The molecule has 0 aliphatic carbocycles. The standard InChI is InChI=1S/C21H17N3O4S/c1-2-21(18-4-3-9-29-18)15-10-13(5-7-16(15)23-19(25)12-28-21)17-8-6-14(11-22)24(17)20(26)27/h3-10H,2,12H2,1H3,(H,23,25)(H,26,27). The molecule has 146 valence electrons. The number of nitrogens with one attached hydrogen (secondary N) is 1. The topological polar surface area (TPSA) is 104 Å². The van der Waals surface area contributed by atoms with Gasteiger partial charge in [-0.15, -0.1) is 11.3 Å². The highest BCUT2D eigenvalue weighted by atomic mass is 32.1. The largest absolute Gasteiger partial charge is 0.464 e. The van der Waals surface area contributed by atoms with Gasteiger partial charge in [-0.2, -0.15) is 5.26 Å². The number of thiophene rings is 1. The third-order valence-corrected chi connectivity index (χ3v) is 6.09. The van der Waals surface area contributed by atoms with E-state index in [0.717, 1.165) is 15.0 Å². The number of benzene rings is 1. The van der Waals surface area contributed by atoms with Crippen LogP contribution in [0.2, 0.25) is 0 Å². The Morgan fingerprint density at radius 2 is 2.21 bits per heavy atom. The third kappa shape index (κ3) is 3.01. The van der Waals surface area contributed by atoms with Gasteiger partial charge in [0, 0.05) is 16.1 Å². The van der Waals surface area contributed by atoms with Crippen molar-refractivity contribution in [3.8, 4) is 17.3 Å². The number of fused-ring (bicyclic) bond motifs is 1. The minimum Gasteiger partial charge on any atom is -0.464 e. The highest BCUT2D eigenvalue weighted by Gasteiger charge is 2.40. The molecule has 3 heterocycles. The normalized spacial score (nSPS) is 18.4. The summed E-state index contributed by atoms with van der Waals surface area (Å²) in [7, 11) is 0. The summed E-state index contributed by atoms with van der Waals surface area (Å²) in [6.45, 7) is 1.90. The van der Waals surface area contributed by atoms with Crippen molar-refractivity contribution in [1.82, 2.24) is 4.57 Å². The van der Waals surface area contributed by atoms with Crippen molar-refractivity contribution in [1.29, 1.82) is 5.26 Å². The summed E-state index contributed by atoms with van der Waals surface area (Å²) in [6.07, 6.45) is -0.650. The Bertz CT molecular complexity index is 1140. The number of aromatic nitrogens is 1. The zero-order chi connectivity index (χ0) is 20.6. The molecular weight excluding hydrogens is 390 g/mol. The Balaban J connectivity index is 1.96. The van der Waals surface area contributed by atoms with Gasteiger partial charge >= 0.3 is 6.09 Å². The molecule has 1 aromatic carbocycles. The molecular formula is C21H17N3O4S. The lowest BCUT2D eigenvalue weighted by Crippen LogP contribution is -2.30. The molecule has 29 heavy (non-hydrogen) atoms. The van der Waals surface area contributed by atoms with Crippen molar-refractivity contribution in [3.63, 3.8) is 0 Å². The number of nitrogens with zero attached hydrogens (tertiary/aromatic N) is 2. The lowest BCUT2D eigenvalue weighted by molar-refractivity contribution is -0.125. The first-order valence-electron chi connectivity index (χ1n) is 8.98. The van der Waals surface area contributed by atoms with Gasteiger partial charge in [0.25, 0.3) is 0 Å². The Hall–Kier alpha value is -3.41. The second-order valence-corrected chi connectivity index (χ2v) is 7.54. The fraction of sp³-hybridized carbons (Fsp3) is 0.190. The lowest BCUT2D eigenvalue weighted by Gasteiger charge is -2.32. The van der Waals surface area contributed by atoms with Crippen LogP contribution in [0.5, 0.6) is 0 Å². The van der Waals surface area contributed by atoms with E-state index in [9.17, 15) is 20.0 Å². The molecule has 3 aromatic rings. The second kappa shape index (κ2) is 7.20. The average Bonchev–Trinajstić information content (AvgIpc) is 3.37. The molecule has 0 saturated heterocycles. The van der Waals surface area contributed by atoms with Crippen molar-refractivity contribution in [2.24, 2.45) is 0 Å². The summed E-state index contributed by atoms with van der Waals surface area (Å²) in [5.74, 6) is -0.244. The zero-order valence-electron chi connectivity index (χ0n) is 15.5. The lowest BCUT2D eigenvalue weighted by atomic mass is 9.86. The van der Waals surface area contributed by atoms with E-state index in [1.807, 2.05) is 36.6 Å². The SMILES string of the molecule is CCC1(c2cccs2)OCC(=O)Nc2ccc(-c3ccc(C#N)n3C(=O)O)cc21. The van der Waals surface area contributed by atoms with Crippen LogP contribution in [0.4, 0.5) is 10.5 Å². The molecule has 4 rings (SSSR count). The van der Waals surface area contributed by atoms with E-state index in [0.29, 0.717) is 23.4 Å².